The van der Waals surface area contributed by atoms with Crippen LogP contribution in [0.1, 0.15) is 56.8 Å². The predicted molar refractivity (Wildman–Crippen MR) is 106 cm³/mol. The largest absolute Gasteiger partial charge is 0.452 e. The van der Waals surface area contributed by atoms with Crippen LogP contribution in [-0.2, 0) is 23.9 Å². The Morgan fingerprint density at radius 2 is 1.26 bits per heavy atom. The van der Waals surface area contributed by atoms with E-state index in [1.165, 1.54) is 0 Å². The number of carbonyl (C=O) groups is 5. The molecule has 2 rings (SSSR count). The molecule has 0 aliphatic carbocycles. The molecule has 168 valence electrons. The monoisotopic (exact) mass is 435 g/mol. The summed E-state index contributed by atoms with van der Waals surface area (Å²) in [6, 6.07) is 2.21. The van der Waals surface area contributed by atoms with Crippen molar-refractivity contribution in [1.82, 2.24) is 4.90 Å². The zero-order valence-corrected chi connectivity index (χ0v) is 17.7. The summed E-state index contributed by atoms with van der Waals surface area (Å²) in [7, 11) is 0. The fourth-order valence-corrected chi connectivity index (χ4v) is 3.02. The van der Waals surface area contributed by atoms with Gasteiger partial charge in [0.2, 0.25) is 5.75 Å². The van der Waals surface area contributed by atoms with Gasteiger partial charge in [-0.15, -0.1) is 0 Å². The summed E-state index contributed by atoms with van der Waals surface area (Å²) in [4.78, 5) is 60.8. The van der Waals surface area contributed by atoms with E-state index in [0.717, 1.165) is 58.6 Å². The van der Waals surface area contributed by atoms with Crippen molar-refractivity contribution in [2.45, 2.75) is 46.5 Å². The van der Waals surface area contributed by atoms with E-state index in [9.17, 15) is 24.0 Å². The van der Waals surface area contributed by atoms with Gasteiger partial charge in [0.05, 0.1) is 5.56 Å². The van der Waals surface area contributed by atoms with Gasteiger partial charge in [-0.2, -0.15) is 0 Å². The number of rotatable bonds is 6. The molecule has 0 aromatic heterocycles. The number of nitrogens with zero attached hydrogens (tertiary/aromatic N) is 1. The Morgan fingerprint density at radius 1 is 0.774 bits per heavy atom. The zero-order valence-electron chi connectivity index (χ0n) is 17.7. The molecule has 1 fully saturated rings. The van der Waals surface area contributed by atoms with Crippen LogP contribution in [0.4, 0.5) is 0 Å². The Bertz CT molecular complexity index is 833. The Hall–Kier alpha value is -3.43. The van der Waals surface area contributed by atoms with Gasteiger partial charge in [0.1, 0.15) is 0 Å². The average Bonchev–Trinajstić information content (AvgIpc) is 2.96. The van der Waals surface area contributed by atoms with Crippen molar-refractivity contribution < 1.29 is 42.9 Å². The molecule has 1 saturated heterocycles. The standard InChI is InChI=1S/C21H25NO9/c1-13(23)29-17-10-16(11-18(30-14(2)24)20(17)31-15(3)25)21(27)28-12-19(26)22-8-6-4-5-7-9-22/h10-11H,4-9,12H2,1-3H3. The minimum absolute atomic E-state index is 0.160. The van der Waals surface area contributed by atoms with Crippen molar-refractivity contribution >= 4 is 29.8 Å². The molecular formula is C21H25NO9. The molecule has 1 aromatic rings. The van der Waals surface area contributed by atoms with Crippen LogP contribution in [0, 0.1) is 0 Å². The summed E-state index contributed by atoms with van der Waals surface area (Å²) in [5.41, 5.74) is -0.160. The van der Waals surface area contributed by atoms with E-state index < -0.39 is 30.5 Å². The van der Waals surface area contributed by atoms with Gasteiger partial charge in [-0.25, -0.2) is 4.79 Å². The molecule has 1 aromatic carbocycles. The third-order valence-corrected chi connectivity index (χ3v) is 4.30. The molecule has 1 heterocycles. The van der Waals surface area contributed by atoms with Crippen molar-refractivity contribution in [1.29, 1.82) is 0 Å². The highest BCUT2D eigenvalue weighted by atomic mass is 16.6. The van der Waals surface area contributed by atoms with E-state index >= 15 is 0 Å². The predicted octanol–water partition coefficient (Wildman–Crippen LogP) is 2.02. The van der Waals surface area contributed by atoms with Crippen LogP contribution in [0.25, 0.3) is 0 Å². The summed E-state index contributed by atoms with van der Waals surface area (Å²) in [5, 5.41) is 0. The van der Waals surface area contributed by atoms with Gasteiger partial charge in [-0.1, -0.05) is 12.8 Å². The first-order valence-electron chi connectivity index (χ1n) is 9.85. The lowest BCUT2D eigenvalue weighted by Gasteiger charge is -2.20. The first-order chi connectivity index (χ1) is 14.7. The molecule has 0 spiro atoms. The highest BCUT2D eigenvalue weighted by Gasteiger charge is 2.24. The van der Waals surface area contributed by atoms with Gasteiger partial charge in [-0.05, 0) is 25.0 Å². The lowest BCUT2D eigenvalue weighted by atomic mass is 10.2. The number of benzene rings is 1. The number of esters is 4. The summed E-state index contributed by atoms with van der Waals surface area (Å²) in [6.45, 7) is 4.07. The van der Waals surface area contributed by atoms with Gasteiger partial charge in [0.15, 0.2) is 18.1 Å². The molecule has 0 saturated carbocycles. The number of amides is 1. The van der Waals surface area contributed by atoms with Crippen molar-refractivity contribution in [3.8, 4) is 17.2 Å². The lowest BCUT2D eigenvalue weighted by Crippen LogP contribution is -2.35. The van der Waals surface area contributed by atoms with E-state index in [1.807, 2.05) is 0 Å². The quantitative estimate of drug-likeness (QED) is 0.487. The molecule has 1 amide bonds. The minimum Gasteiger partial charge on any atom is -0.452 e. The molecule has 0 N–H and O–H groups in total. The van der Waals surface area contributed by atoms with Crippen molar-refractivity contribution in [2.75, 3.05) is 19.7 Å². The SMILES string of the molecule is CC(=O)Oc1cc(C(=O)OCC(=O)N2CCCCCC2)cc(OC(C)=O)c1OC(C)=O. The molecule has 0 atom stereocenters. The Labute approximate surface area is 179 Å². The summed E-state index contributed by atoms with van der Waals surface area (Å²) < 4.78 is 20.1. The van der Waals surface area contributed by atoms with E-state index in [0.29, 0.717) is 13.1 Å². The normalized spacial score (nSPS) is 13.6. The zero-order chi connectivity index (χ0) is 23.0. The fourth-order valence-electron chi connectivity index (χ4n) is 3.02. The topological polar surface area (TPSA) is 126 Å². The van der Waals surface area contributed by atoms with Gasteiger partial charge >= 0.3 is 23.9 Å². The van der Waals surface area contributed by atoms with Crippen LogP contribution in [0.15, 0.2) is 12.1 Å². The number of hydrogen-bond donors (Lipinski definition) is 0. The number of hydrogen-bond acceptors (Lipinski definition) is 9. The highest BCUT2D eigenvalue weighted by molar-refractivity contribution is 5.93. The second-order valence-corrected chi connectivity index (χ2v) is 6.95. The fraction of sp³-hybridized carbons (Fsp3) is 0.476. The van der Waals surface area contributed by atoms with E-state index in [4.69, 9.17) is 18.9 Å². The van der Waals surface area contributed by atoms with E-state index in [2.05, 4.69) is 0 Å². The van der Waals surface area contributed by atoms with Crippen molar-refractivity contribution in [3.63, 3.8) is 0 Å². The molecule has 1 aliphatic heterocycles. The maximum absolute atomic E-state index is 12.5. The van der Waals surface area contributed by atoms with E-state index in [1.54, 1.807) is 4.90 Å². The average molecular weight is 435 g/mol. The van der Waals surface area contributed by atoms with Crippen molar-refractivity contribution in [2.24, 2.45) is 0 Å². The molecule has 0 radical (unpaired) electrons. The molecule has 1 aliphatic rings. The summed E-state index contributed by atoms with van der Waals surface area (Å²) in [6.07, 6.45) is 3.90. The second-order valence-electron chi connectivity index (χ2n) is 6.95. The molecule has 10 heteroatoms. The van der Waals surface area contributed by atoms with E-state index in [-0.39, 0.29) is 28.7 Å². The third-order valence-electron chi connectivity index (χ3n) is 4.30. The number of carbonyl (C=O) groups excluding carboxylic acids is 5. The van der Waals surface area contributed by atoms with Crippen LogP contribution < -0.4 is 14.2 Å². The molecule has 0 unspecified atom stereocenters. The van der Waals surface area contributed by atoms with Gasteiger partial charge in [-0.3, -0.25) is 19.2 Å². The second kappa shape index (κ2) is 11.1. The minimum atomic E-state index is -0.903. The highest BCUT2D eigenvalue weighted by Crippen LogP contribution is 2.39. The Kier molecular flexibility index (Phi) is 8.53. The van der Waals surface area contributed by atoms with Crippen LogP contribution in [-0.4, -0.2) is 54.4 Å². The van der Waals surface area contributed by atoms with Crippen molar-refractivity contribution in [3.05, 3.63) is 17.7 Å². The van der Waals surface area contributed by atoms with Gasteiger partial charge < -0.3 is 23.8 Å². The molecular weight excluding hydrogens is 410 g/mol. The van der Waals surface area contributed by atoms with Crippen LogP contribution in [0.2, 0.25) is 0 Å². The Balaban J connectivity index is 2.25. The third kappa shape index (κ3) is 7.40. The van der Waals surface area contributed by atoms with Gasteiger partial charge in [0, 0.05) is 33.9 Å². The molecule has 10 nitrogen and oxygen atoms in total. The lowest BCUT2D eigenvalue weighted by molar-refractivity contribution is -0.135. The molecule has 0 bridgehead atoms. The van der Waals surface area contributed by atoms with Crippen LogP contribution >= 0.6 is 0 Å². The summed E-state index contributed by atoms with van der Waals surface area (Å²) >= 11 is 0. The maximum atomic E-state index is 12.5. The number of likely N-dealkylation sites (tertiary alicyclic amines) is 1. The number of ether oxygens (including phenoxy) is 4. The van der Waals surface area contributed by atoms with Gasteiger partial charge in [0.25, 0.3) is 5.91 Å². The smallest absolute Gasteiger partial charge is 0.338 e. The first-order valence-corrected chi connectivity index (χ1v) is 9.85. The summed E-state index contributed by atoms with van der Waals surface area (Å²) in [5.74, 6) is -4.46. The van der Waals surface area contributed by atoms with Crippen LogP contribution in [0.5, 0.6) is 17.2 Å². The first kappa shape index (κ1) is 23.8. The Morgan fingerprint density at radius 3 is 1.71 bits per heavy atom. The van der Waals surface area contributed by atoms with Crippen LogP contribution in [0.3, 0.4) is 0 Å². The maximum Gasteiger partial charge on any atom is 0.338 e. The molecule has 31 heavy (non-hydrogen) atoms.